The van der Waals surface area contributed by atoms with E-state index in [4.69, 9.17) is 9.47 Å². The lowest BCUT2D eigenvalue weighted by Gasteiger charge is -2.10. The number of carbonyl (C=O) groups is 1. The fourth-order valence-corrected chi connectivity index (χ4v) is 2.60. The quantitative estimate of drug-likeness (QED) is 0.542. The van der Waals surface area contributed by atoms with Crippen LogP contribution in [0.3, 0.4) is 0 Å². The summed E-state index contributed by atoms with van der Waals surface area (Å²) in [7, 11) is 1.58. The van der Waals surface area contributed by atoms with Crippen molar-refractivity contribution in [1.29, 1.82) is 0 Å². The highest BCUT2D eigenvalue weighted by molar-refractivity contribution is 5.92. The summed E-state index contributed by atoms with van der Waals surface area (Å²) < 4.78 is 10.7. The number of anilines is 2. The Labute approximate surface area is 170 Å². The Morgan fingerprint density at radius 1 is 1.03 bits per heavy atom. The van der Waals surface area contributed by atoms with Crippen LogP contribution in [0, 0.1) is 6.92 Å². The monoisotopic (exact) mass is 392 g/mol. The first-order valence-corrected chi connectivity index (χ1v) is 9.30. The Bertz CT molecular complexity index is 931. The molecule has 2 aromatic carbocycles. The van der Waals surface area contributed by atoms with Gasteiger partial charge in [-0.1, -0.05) is 30.3 Å². The van der Waals surface area contributed by atoms with Crippen molar-refractivity contribution < 1.29 is 14.3 Å². The number of rotatable bonds is 9. The molecular formula is C22H24N4O3. The van der Waals surface area contributed by atoms with Crippen LogP contribution in [-0.4, -0.2) is 36.1 Å². The van der Waals surface area contributed by atoms with Gasteiger partial charge in [-0.15, -0.1) is 0 Å². The minimum atomic E-state index is -0.264. The van der Waals surface area contributed by atoms with Crippen molar-refractivity contribution in [2.24, 2.45) is 0 Å². The van der Waals surface area contributed by atoms with Gasteiger partial charge in [0.2, 0.25) is 5.95 Å². The lowest BCUT2D eigenvalue weighted by Crippen LogP contribution is -2.28. The summed E-state index contributed by atoms with van der Waals surface area (Å²) in [4.78, 5) is 20.9. The molecule has 0 bridgehead atoms. The highest BCUT2D eigenvalue weighted by atomic mass is 16.5. The Hall–Kier alpha value is -3.45. The van der Waals surface area contributed by atoms with E-state index in [1.165, 1.54) is 0 Å². The fraction of sp³-hybridized carbons (Fsp3) is 0.227. The third-order valence-corrected chi connectivity index (χ3v) is 4.04. The molecule has 0 radical (unpaired) electrons. The van der Waals surface area contributed by atoms with Crippen LogP contribution in [0.4, 0.5) is 11.6 Å². The first-order chi connectivity index (χ1) is 14.1. The van der Waals surface area contributed by atoms with Crippen molar-refractivity contribution in [1.82, 2.24) is 15.3 Å². The molecular weight excluding hydrogens is 368 g/mol. The number of nitrogens with one attached hydrogen (secondary N) is 2. The summed E-state index contributed by atoms with van der Waals surface area (Å²) >= 11 is 0. The second kappa shape index (κ2) is 10.2. The van der Waals surface area contributed by atoms with E-state index in [1.54, 1.807) is 13.2 Å². The molecule has 0 aliphatic carbocycles. The zero-order chi connectivity index (χ0) is 20.5. The molecule has 0 spiro atoms. The van der Waals surface area contributed by atoms with Crippen molar-refractivity contribution in [2.45, 2.75) is 13.5 Å². The molecule has 0 fully saturated rings. The van der Waals surface area contributed by atoms with Gasteiger partial charge in [-0.25, -0.2) is 9.97 Å². The summed E-state index contributed by atoms with van der Waals surface area (Å²) in [6.45, 7) is 3.20. The predicted molar refractivity (Wildman–Crippen MR) is 111 cm³/mol. The summed E-state index contributed by atoms with van der Waals surface area (Å²) in [6, 6.07) is 19.1. The van der Waals surface area contributed by atoms with E-state index in [-0.39, 0.29) is 5.91 Å². The van der Waals surface area contributed by atoms with Gasteiger partial charge in [0.1, 0.15) is 18.1 Å². The molecule has 7 heteroatoms. The Morgan fingerprint density at radius 3 is 2.52 bits per heavy atom. The summed E-state index contributed by atoms with van der Waals surface area (Å²) in [6.07, 6.45) is 0. The first-order valence-electron chi connectivity index (χ1n) is 9.30. The van der Waals surface area contributed by atoms with Crippen molar-refractivity contribution in [3.05, 3.63) is 77.6 Å². The first kappa shape index (κ1) is 20.3. The van der Waals surface area contributed by atoms with E-state index in [1.807, 2.05) is 61.5 Å². The number of methoxy groups -OCH3 is 1. The standard InChI is InChI=1S/C22H24N4O3/c1-16-14-20(21(27)23-12-13-28-2)26-22(24-16)25-18-8-10-19(11-9-18)29-15-17-6-4-3-5-7-17/h3-11,14H,12-13,15H2,1-2H3,(H,23,27)(H,24,25,26). The van der Waals surface area contributed by atoms with Crippen LogP contribution in [0.15, 0.2) is 60.7 Å². The lowest BCUT2D eigenvalue weighted by atomic mass is 10.2. The molecule has 7 nitrogen and oxygen atoms in total. The van der Waals surface area contributed by atoms with Crippen LogP contribution in [0.2, 0.25) is 0 Å². The van der Waals surface area contributed by atoms with Crippen LogP contribution in [0.1, 0.15) is 21.7 Å². The highest BCUT2D eigenvalue weighted by Crippen LogP contribution is 2.19. The zero-order valence-electron chi connectivity index (χ0n) is 16.5. The maximum atomic E-state index is 12.2. The van der Waals surface area contributed by atoms with E-state index >= 15 is 0 Å². The number of amides is 1. The summed E-state index contributed by atoms with van der Waals surface area (Å²) in [5, 5.41) is 5.88. The van der Waals surface area contributed by atoms with Gasteiger partial charge >= 0.3 is 0 Å². The second-order valence-electron chi connectivity index (χ2n) is 6.39. The fourth-order valence-electron chi connectivity index (χ4n) is 2.60. The van der Waals surface area contributed by atoms with Crippen LogP contribution in [0.25, 0.3) is 0 Å². The van der Waals surface area contributed by atoms with Crippen LogP contribution in [-0.2, 0) is 11.3 Å². The van der Waals surface area contributed by atoms with E-state index < -0.39 is 0 Å². The van der Waals surface area contributed by atoms with Gasteiger partial charge in [-0.3, -0.25) is 4.79 Å². The molecule has 29 heavy (non-hydrogen) atoms. The number of aromatic nitrogens is 2. The van der Waals surface area contributed by atoms with Crippen LogP contribution < -0.4 is 15.4 Å². The molecule has 1 aromatic heterocycles. The topological polar surface area (TPSA) is 85.4 Å². The molecule has 0 unspecified atom stereocenters. The van der Waals surface area contributed by atoms with Crippen LogP contribution in [0.5, 0.6) is 5.75 Å². The molecule has 0 saturated carbocycles. The molecule has 1 amide bonds. The van der Waals surface area contributed by atoms with Gasteiger partial charge in [0.05, 0.1) is 6.61 Å². The third kappa shape index (κ3) is 6.29. The van der Waals surface area contributed by atoms with Gasteiger partial charge in [0.25, 0.3) is 5.91 Å². The molecule has 0 aliphatic rings. The number of nitrogens with zero attached hydrogens (tertiary/aromatic N) is 2. The summed E-state index contributed by atoms with van der Waals surface area (Å²) in [5.41, 5.74) is 2.91. The maximum Gasteiger partial charge on any atom is 0.270 e. The number of aryl methyl sites for hydroxylation is 1. The zero-order valence-corrected chi connectivity index (χ0v) is 16.5. The average Bonchev–Trinajstić information content (AvgIpc) is 2.74. The van der Waals surface area contributed by atoms with E-state index in [2.05, 4.69) is 20.6 Å². The van der Waals surface area contributed by atoms with Crippen LogP contribution >= 0.6 is 0 Å². The molecule has 3 aromatic rings. The number of hydrogen-bond donors (Lipinski definition) is 2. The molecule has 2 N–H and O–H groups in total. The maximum absolute atomic E-state index is 12.2. The third-order valence-electron chi connectivity index (χ3n) is 4.04. The normalized spacial score (nSPS) is 10.4. The van der Waals surface area contributed by atoms with E-state index in [0.717, 1.165) is 17.0 Å². The Morgan fingerprint density at radius 2 is 1.79 bits per heavy atom. The second-order valence-corrected chi connectivity index (χ2v) is 6.39. The number of carbonyl (C=O) groups excluding carboxylic acids is 1. The van der Waals surface area contributed by atoms with E-state index in [0.29, 0.717) is 37.1 Å². The van der Waals surface area contributed by atoms with Gasteiger partial charge in [0, 0.05) is 25.0 Å². The minimum Gasteiger partial charge on any atom is -0.489 e. The van der Waals surface area contributed by atoms with E-state index in [9.17, 15) is 4.79 Å². The van der Waals surface area contributed by atoms with Gasteiger partial charge in [-0.05, 0) is 42.8 Å². The SMILES string of the molecule is COCCNC(=O)c1cc(C)nc(Nc2ccc(OCc3ccccc3)cc2)n1. The number of hydrogen-bond acceptors (Lipinski definition) is 6. The number of benzene rings is 2. The van der Waals surface area contributed by atoms with Crippen molar-refractivity contribution in [3.8, 4) is 5.75 Å². The summed E-state index contributed by atoms with van der Waals surface area (Å²) in [5.74, 6) is 0.864. The Kier molecular flexibility index (Phi) is 7.13. The van der Waals surface area contributed by atoms with Gasteiger partial charge in [-0.2, -0.15) is 0 Å². The average molecular weight is 392 g/mol. The highest BCUT2D eigenvalue weighted by Gasteiger charge is 2.10. The molecule has 1 heterocycles. The molecule has 0 aliphatic heterocycles. The number of ether oxygens (including phenoxy) is 2. The predicted octanol–water partition coefficient (Wildman–Crippen LogP) is 3.48. The van der Waals surface area contributed by atoms with Crippen molar-refractivity contribution in [2.75, 3.05) is 25.6 Å². The van der Waals surface area contributed by atoms with Gasteiger partial charge in [0.15, 0.2) is 0 Å². The molecule has 3 rings (SSSR count). The van der Waals surface area contributed by atoms with Gasteiger partial charge < -0.3 is 20.1 Å². The molecule has 0 saturated heterocycles. The van der Waals surface area contributed by atoms with Crippen molar-refractivity contribution >= 4 is 17.5 Å². The largest absolute Gasteiger partial charge is 0.489 e. The lowest BCUT2D eigenvalue weighted by molar-refractivity contribution is 0.0932. The smallest absolute Gasteiger partial charge is 0.270 e. The minimum absolute atomic E-state index is 0.264. The molecule has 150 valence electrons. The molecule has 0 atom stereocenters. The van der Waals surface area contributed by atoms with Crippen molar-refractivity contribution in [3.63, 3.8) is 0 Å². The Balaban J connectivity index is 1.61.